The van der Waals surface area contributed by atoms with Gasteiger partial charge in [0.05, 0.1) is 17.1 Å². The molecule has 2 amide bonds. The highest BCUT2D eigenvalue weighted by Gasteiger charge is 2.32. The minimum atomic E-state index is -0.158. The monoisotopic (exact) mass is 352 g/mol. The maximum atomic E-state index is 12.6. The molecule has 2 aliphatic rings. The van der Waals surface area contributed by atoms with E-state index in [-0.39, 0.29) is 17.9 Å². The number of fused-ring (bicyclic) bond motifs is 1. The van der Waals surface area contributed by atoms with Crippen LogP contribution in [0.15, 0.2) is 30.6 Å². The summed E-state index contributed by atoms with van der Waals surface area (Å²) in [6.07, 6.45) is 9.95. The van der Waals surface area contributed by atoms with Gasteiger partial charge in [0, 0.05) is 37.5 Å². The Morgan fingerprint density at radius 2 is 1.88 bits per heavy atom. The number of hydrogen-bond donors (Lipinski definition) is 1. The molecule has 2 aromatic rings. The van der Waals surface area contributed by atoms with Gasteiger partial charge in [-0.2, -0.15) is 0 Å². The number of carbonyl (C=O) groups excluding carboxylic acids is 2. The fourth-order valence-electron chi connectivity index (χ4n) is 4.10. The van der Waals surface area contributed by atoms with Crippen LogP contribution in [0, 0.1) is 5.92 Å². The van der Waals surface area contributed by atoms with Crippen molar-refractivity contribution in [1.82, 2.24) is 20.2 Å². The molecule has 1 saturated carbocycles. The lowest BCUT2D eigenvalue weighted by Gasteiger charge is -2.27. The van der Waals surface area contributed by atoms with Gasteiger partial charge in [-0.3, -0.25) is 19.6 Å². The molecule has 6 nitrogen and oxygen atoms in total. The van der Waals surface area contributed by atoms with Crippen LogP contribution in [0.2, 0.25) is 0 Å². The lowest BCUT2D eigenvalue weighted by Crippen LogP contribution is -2.38. The number of amides is 2. The molecule has 26 heavy (non-hydrogen) atoms. The Morgan fingerprint density at radius 3 is 2.69 bits per heavy atom. The summed E-state index contributed by atoms with van der Waals surface area (Å²) in [4.78, 5) is 35.3. The molecule has 4 rings (SSSR count). The normalized spacial score (nSPS) is 21.3. The first-order chi connectivity index (χ1) is 12.7. The van der Waals surface area contributed by atoms with Crippen molar-refractivity contribution >= 4 is 22.8 Å². The largest absolute Gasteiger partial charge is 0.347 e. The molecule has 1 aromatic carbocycles. The Balaban J connectivity index is 1.37. The molecule has 0 spiro atoms. The molecule has 136 valence electrons. The summed E-state index contributed by atoms with van der Waals surface area (Å²) in [5, 5.41) is 3.01. The molecular formula is C20H24N4O2. The summed E-state index contributed by atoms with van der Waals surface area (Å²) in [7, 11) is 0. The predicted molar refractivity (Wildman–Crippen MR) is 98.6 cm³/mol. The molecule has 1 aromatic heterocycles. The number of likely N-dealkylation sites (tertiary alicyclic amines) is 1. The molecule has 1 aliphatic heterocycles. The molecule has 0 radical (unpaired) electrons. The van der Waals surface area contributed by atoms with Crippen molar-refractivity contribution in [2.75, 3.05) is 13.1 Å². The van der Waals surface area contributed by atoms with E-state index in [4.69, 9.17) is 0 Å². The first-order valence-corrected chi connectivity index (χ1v) is 9.48. The van der Waals surface area contributed by atoms with Gasteiger partial charge in [0.1, 0.15) is 0 Å². The molecule has 1 saturated heterocycles. The minimum absolute atomic E-state index is 0.115. The number of aromatic nitrogens is 2. The van der Waals surface area contributed by atoms with Crippen LogP contribution in [0.3, 0.4) is 0 Å². The Morgan fingerprint density at radius 1 is 1.12 bits per heavy atom. The van der Waals surface area contributed by atoms with Gasteiger partial charge in [-0.25, -0.2) is 0 Å². The molecule has 1 atom stereocenters. The Bertz CT molecular complexity index is 816. The van der Waals surface area contributed by atoms with E-state index >= 15 is 0 Å². The lowest BCUT2D eigenvalue weighted by atomic mass is 9.89. The summed E-state index contributed by atoms with van der Waals surface area (Å²) in [5.41, 5.74) is 2.01. The zero-order valence-electron chi connectivity index (χ0n) is 14.9. The summed E-state index contributed by atoms with van der Waals surface area (Å²) in [6, 6.07) is 5.18. The van der Waals surface area contributed by atoms with E-state index in [9.17, 15) is 9.59 Å². The fraction of sp³-hybridized carbons (Fsp3) is 0.500. The number of benzene rings is 1. The van der Waals surface area contributed by atoms with E-state index in [0.717, 1.165) is 12.1 Å². The van der Waals surface area contributed by atoms with Gasteiger partial charge < -0.3 is 10.2 Å². The van der Waals surface area contributed by atoms with Crippen LogP contribution < -0.4 is 5.32 Å². The molecular weight excluding hydrogens is 328 g/mol. The molecule has 2 fully saturated rings. The molecule has 6 heteroatoms. The van der Waals surface area contributed by atoms with Crippen molar-refractivity contribution in [3.05, 3.63) is 36.2 Å². The highest BCUT2D eigenvalue weighted by atomic mass is 16.2. The Labute approximate surface area is 153 Å². The van der Waals surface area contributed by atoms with Gasteiger partial charge in [-0.05, 0) is 37.0 Å². The minimum Gasteiger partial charge on any atom is -0.347 e. The number of nitrogens with zero attached hydrogens (tertiary/aromatic N) is 3. The van der Waals surface area contributed by atoms with Gasteiger partial charge in [-0.15, -0.1) is 0 Å². The highest BCUT2D eigenvalue weighted by molar-refractivity contribution is 5.97. The van der Waals surface area contributed by atoms with Crippen molar-refractivity contribution in [2.24, 2.45) is 5.92 Å². The van der Waals surface area contributed by atoms with E-state index in [1.54, 1.807) is 30.6 Å². The number of rotatable bonds is 4. The van der Waals surface area contributed by atoms with Crippen LogP contribution in [0.5, 0.6) is 0 Å². The van der Waals surface area contributed by atoms with E-state index in [0.29, 0.717) is 30.0 Å². The SMILES string of the molecule is O=C(NC1CC(=O)N(CC2CCCCC2)C1)c1ccc2nccnc2c1. The molecule has 1 aliphatic carbocycles. The topological polar surface area (TPSA) is 75.2 Å². The average Bonchev–Trinajstić information content (AvgIpc) is 3.01. The second-order valence-electron chi connectivity index (χ2n) is 7.44. The van der Waals surface area contributed by atoms with Crippen molar-refractivity contribution in [3.8, 4) is 0 Å². The number of carbonyl (C=O) groups is 2. The van der Waals surface area contributed by atoms with Crippen molar-refractivity contribution in [1.29, 1.82) is 0 Å². The third-order valence-corrected chi connectivity index (χ3v) is 5.48. The standard InChI is InChI=1S/C20H24N4O2/c25-19-11-16(13-24(19)12-14-4-2-1-3-5-14)23-20(26)15-6-7-17-18(10-15)22-9-8-21-17/h6-10,14,16H,1-5,11-13H2,(H,23,26). The summed E-state index contributed by atoms with van der Waals surface area (Å²) < 4.78 is 0. The number of nitrogens with one attached hydrogen (secondary N) is 1. The lowest BCUT2D eigenvalue weighted by molar-refractivity contribution is -0.128. The van der Waals surface area contributed by atoms with E-state index < -0.39 is 0 Å². The maximum absolute atomic E-state index is 12.6. The average molecular weight is 352 g/mol. The molecule has 1 N–H and O–H groups in total. The third kappa shape index (κ3) is 3.69. The van der Waals surface area contributed by atoms with E-state index in [1.807, 2.05) is 4.90 Å². The van der Waals surface area contributed by atoms with Crippen LogP contribution in [-0.4, -0.2) is 45.8 Å². The summed E-state index contributed by atoms with van der Waals surface area (Å²) in [5.74, 6) is 0.626. The Kier molecular flexibility index (Phi) is 4.82. The fourth-order valence-corrected chi connectivity index (χ4v) is 4.10. The van der Waals surface area contributed by atoms with E-state index in [2.05, 4.69) is 15.3 Å². The van der Waals surface area contributed by atoms with Gasteiger partial charge in [0.15, 0.2) is 0 Å². The summed E-state index contributed by atoms with van der Waals surface area (Å²) in [6.45, 7) is 1.46. The maximum Gasteiger partial charge on any atom is 0.251 e. The van der Waals surface area contributed by atoms with Crippen molar-refractivity contribution in [2.45, 2.75) is 44.6 Å². The smallest absolute Gasteiger partial charge is 0.251 e. The van der Waals surface area contributed by atoms with Crippen molar-refractivity contribution in [3.63, 3.8) is 0 Å². The third-order valence-electron chi connectivity index (χ3n) is 5.48. The molecule has 0 bridgehead atoms. The predicted octanol–water partition coefficient (Wildman–Crippen LogP) is 2.54. The molecule has 2 heterocycles. The number of hydrogen-bond acceptors (Lipinski definition) is 4. The molecule has 1 unspecified atom stereocenters. The van der Waals surface area contributed by atoms with Crippen molar-refractivity contribution < 1.29 is 9.59 Å². The van der Waals surface area contributed by atoms with Crippen LogP contribution in [0.1, 0.15) is 48.9 Å². The van der Waals surface area contributed by atoms with Gasteiger partial charge >= 0.3 is 0 Å². The Hall–Kier alpha value is -2.50. The van der Waals surface area contributed by atoms with Gasteiger partial charge in [-0.1, -0.05) is 19.3 Å². The van der Waals surface area contributed by atoms with E-state index in [1.165, 1.54) is 32.1 Å². The zero-order valence-corrected chi connectivity index (χ0v) is 14.9. The summed E-state index contributed by atoms with van der Waals surface area (Å²) >= 11 is 0. The first kappa shape index (κ1) is 16.9. The highest BCUT2D eigenvalue weighted by Crippen LogP contribution is 2.26. The quantitative estimate of drug-likeness (QED) is 0.917. The second kappa shape index (κ2) is 7.40. The van der Waals surface area contributed by atoms with Gasteiger partial charge in [0.2, 0.25) is 5.91 Å². The van der Waals surface area contributed by atoms with Crippen LogP contribution in [-0.2, 0) is 4.79 Å². The zero-order chi connectivity index (χ0) is 17.9. The van der Waals surface area contributed by atoms with Crippen LogP contribution in [0.4, 0.5) is 0 Å². The first-order valence-electron chi connectivity index (χ1n) is 9.48. The second-order valence-corrected chi connectivity index (χ2v) is 7.44. The van der Waals surface area contributed by atoms with Gasteiger partial charge in [0.25, 0.3) is 5.91 Å². The van der Waals surface area contributed by atoms with Crippen LogP contribution in [0.25, 0.3) is 11.0 Å². The van der Waals surface area contributed by atoms with Crippen LogP contribution >= 0.6 is 0 Å².